The van der Waals surface area contributed by atoms with Crippen LogP contribution in [0.2, 0.25) is 0 Å². The van der Waals surface area contributed by atoms with Crippen LogP contribution in [0.3, 0.4) is 0 Å². The lowest BCUT2D eigenvalue weighted by molar-refractivity contribution is -0.131. The molecule has 21 heavy (non-hydrogen) atoms. The summed E-state index contributed by atoms with van der Waals surface area (Å²) in [6.07, 6.45) is 3.60. The zero-order chi connectivity index (χ0) is 15.0. The molecule has 2 aliphatic rings. The standard InChI is InChI=1S/C15H19N3O3/c1-3-21-12-7-6-11(16-8-12)9-18-13(19)15(2,10-4-5-10)17-14(18)20/h6-8,10H,3-5,9H2,1-2H3,(H,17,20)/t15-/m0/s1. The largest absolute Gasteiger partial charge is 0.492 e. The zero-order valence-corrected chi connectivity index (χ0v) is 12.3. The fourth-order valence-electron chi connectivity index (χ4n) is 2.72. The van der Waals surface area contributed by atoms with Gasteiger partial charge in [-0.2, -0.15) is 0 Å². The van der Waals surface area contributed by atoms with Crippen molar-refractivity contribution >= 4 is 11.9 Å². The van der Waals surface area contributed by atoms with E-state index in [9.17, 15) is 9.59 Å². The Hall–Kier alpha value is -2.11. The first kappa shape index (κ1) is 13.9. The van der Waals surface area contributed by atoms with Gasteiger partial charge in [0.15, 0.2) is 0 Å². The van der Waals surface area contributed by atoms with Crippen LogP contribution in [0.5, 0.6) is 5.75 Å². The van der Waals surface area contributed by atoms with Gasteiger partial charge in [0, 0.05) is 0 Å². The Bertz CT molecular complexity index is 568. The van der Waals surface area contributed by atoms with E-state index >= 15 is 0 Å². The summed E-state index contributed by atoms with van der Waals surface area (Å²) in [5.41, 5.74) is -0.0653. The molecule has 1 saturated carbocycles. The number of nitrogens with zero attached hydrogens (tertiary/aromatic N) is 2. The van der Waals surface area contributed by atoms with Gasteiger partial charge < -0.3 is 10.1 Å². The van der Waals surface area contributed by atoms with Crippen LogP contribution in [-0.4, -0.2) is 34.0 Å². The molecule has 3 rings (SSSR count). The molecule has 0 aromatic carbocycles. The second kappa shape index (κ2) is 5.02. The van der Waals surface area contributed by atoms with Gasteiger partial charge in [-0.3, -0.25) is 14.7 Å². The Morgan fingerprint density at radius 1 is 1.43 bits per heavy atom. The van der Waals surface area contributed by atoms with Crippen molar-refractivity contribution in [2.24, 2.45) is 5.92 Å². The number of hydrogen-bond acceptors (Lipinski definition) is 4. The van der Waals surface area contributed by atoms with Gasteiger partial charge in [0.25, 0.3) is 5.91 Å². The lowest BCUT2D eigenvalue weighted by atomic mass is 9.96. The van der Waals surface area contributed by atoms with Crippen molar-refractivity contribution in [1.29, 1.82) is 0 Å². The summed E-state index contributed by atoms with van der Waals surface area (Å²) in [4.78, 5) is 30.0. The van der Waals surface area contributed by atoms with Crippen molar-refractivity contribution in [3.63, 3.8) is 0 Å². The minimum atomic E-state index is -0.734. The van der Waals surface area contributed by atoms with Gasteiger partial charge in [-0.15, -0.1) is 0 Å². The fourth-order valence-corrected chi connectivity index (χ4v) is 2.72. The molecule has 3 amide bonds. The van der Waals surface area contributed by atoms with E-state index in [0.29, 0.717) is 18.1 Å². The smallest absolute Gasteiger partial charge is 0.325 e. The van der Waals surface area contributed by atoms with Crippen LogP contribution in [0.4, 0.5) is 4.79 Å². The molecule has 1 saturated heterocycles. The van der Waals surface area contributed by atoms with Crippen molar-refractivity contribution in [2.75, 3.05) is 6.61 Å². The van der Waals surface area contributed by atoms with Crippen molar-refractivity contribution in [2.45, 2.75) is 38.8 Å². The quantitative estimate of drug-likeness (QED) is 0.837. The van der Waals surface area contributed by atoms with Crippen LogP contribution >= 0.6 is 0 Å². The minimum absolute atomic E-state index is 0.148. The maximum absolute atomic E-state index is 12.5. The first-order valence-electron chi connectivity index (χ1n) is 7.26. The molecule has 1 aliphatic heterocycles. The van der Waals surface area contributed by atoms with Crippen molar-refractivity contribution in [1.82, 2.24) is 15.2 Å². The molecule has 1 N–H and O–H groups in total. The number of aromatic nitrogens is 1. The molecule has 1 aromatic heterocycles. The van der Waals surface area contributed by atoms with Gasteiger partial charge in [0.1, 0.15) is 11.3 Å². The minimum Gasteiger partial charge on any atom is -0.492 e. The van der Waals surface area contributed by atoms with Crippen LogP contribution < -0.4 is 10.1 Å². The maximum atomic E-state index is 12.5. The lowest BCUT2D eigenvalue weighted by Gasteiger charge is -2.20. The molecule has 0 unspecified atom stereocenters. The number of carbonyl (C=O) groups is 2. The topological polar surface area (TPSA) is 71.5 Å². The Balaban J connectivity index is 1.72. The third kappa shape index (κ3) is 2.46. The summed E-state index contributed by atoms with van der Waals surface area (Å²) in [5, 5.41) is 2.83. The zero-order valence-electron chi connectivity index (χ0n) is 12.3. The van der Waals surface area contributed by atoms with Gasteiger partial charge in [-0.1, -0.05) is 0 Å². The van der Waals surface area contributed by atoms with E-state index in [2.05, 4.69) is 10.3 Å². The highest BCUT2D eigenvalue weighted by Crippen LogP contribution is 2.42. The maximum Gasteiger partial charge on any atom is 0.325 e. The monoisotopic (exact) mass is 289 g/mol. The van der Waals surface area contributed by atoms with E-state index in [1.807, 2.05) is 13.8 Å². The molecule has 1 aromatic rings. The SMILES string of the molecule is CCOc1ccc(CN2C(=O)N[C@@](C)(C3CC3)C2=O)nc1. The third-order valence-corrected chi connectivity index (χ3v) is 4.12. The molecule has 0 radical (unpaired) electrons. The van der Waals surface area contributed by atoms with Crippen LogP contribution in [0.1, 0.15) is 32.4 Å². The molecule has 0 spiro atoms. The Kier molecular flexibility index (Phi) is 3.31. The second-order valence-corrected chi connectivity index (χ2v) is 5.72. The predicted molar refractivity (Wildman–Crippen MR) is 75.6 cm³/mol. The second-order valence-electron chi connectivity index (χ2n) is 5.72. The summed E-state index contributed by atoms with van der Waals surface area (Å²) in [6.45, 7) is 4.49. The van der Waals surface area contributed by atoms with Gasteiger partial charge in [0.05, 0.1) is 25.0 Å². The normalized spacial score (nSPS) is 25.1. The summed E-state index contributed by atoms with van der Waals surface area (Å²) >= 11 is 0. The number of nitrogens with one attached hydrogen (secondary N) is 1. The first-order chi connectivity index (χ1) is 10.0. The lowest BCUT2D eigenvalue weighted by Crippen LogP contribution is -2.46. The molecule has 6 heteroatoms. The summed E-state index contributed by atoms with van der Waals surface area (Å²) in [6, 6.07) is 3.24. The number of carbonyl (C=O) groups excluding carboxylic acids is 2. The van der Waals surface area contributed by atoms with Crippen LogP contribution in [0, 0.1) is 5.92 Å². The third-order valence-electron chi connectivity index (χ3n) is 4.12. The van der Waals surface area contributed by atoms with Gasteiger partial charge in [0.2, 0.25) is 0 Å². The molecule has 1 atom stereocenters. The number of imide groups is 1. The molecular formula is C15H19N3O3. The highest BCUT2D eigenvalue weighted by molar-refractivity contribution is 6.07. The Morgan fingerprint density at radius 2 is 2.19 bits per heavy atom. The number of ether oxygens (including phenoxy) is 1. The molecule has 0 bridgehead atoms. The molecule has 2 fully saturated rings. The molecule has 2 heterocycles. The first-order valence-corrected chi connectivity index (χ1v) is 7.26. The molecule has 1 aliphatic carbocycles. The van der Waals surface area contributed by atoms with E-state index in [-0.39, 0.29) is 24.4 Å². The molecule has 6 nitrogen and oxygen atoms in total. The number of hydrogen-bond donors (Lipinski definition) is 1. The summed E-state index contributed by atoms with van der Waals surface area (Å²) < 4.78 is 5.32. The predicted octanol–water partition coefficient (Wildman–Crippen LogP) is 1.70. The Labute approximate surface area is 123 Å². The van der Waals surface area contributed by atoms with Crippen molar-refractivity contribution < 1.29 is 14.3 Å². The van der Waals surface area contributed by atoms with Crippen LogP contribution in [0.25, 0.3) is 0 Å². The average Bonchev–Trinajstić information content (AvgIpc) is 3.27. The molecule has 112 valence electrons. The number of amides is 3. The fraction of sp³-hybridized carbons (Fsp3) is 0.533. The van der Waals surface area contributed by atoms with Gasteiger partial charge in [-0.25, -0.2) is 4.79 Å². The van der Waals surface area contributed by atoms with Gasteiger partial charge in [-0.05, 0) is 44.7 Å². The number of urea groups is 1. The number of rotatable bonds is 5. The number of pyridine rings is 1. The average molecular weight is 289 g/mol. The highest BCUT2D eigenvalue weighted by Gasteiger charge is 2.55. The van der Waals surface area contributed by atoms with Crippen LogP contribution in [0.15, 0.2) is 18.3 Å². The highest BCUT2D eigenvalue weighted by atomic mass is 16.5. The summed E-state index contributed by atoms with van der Waals surface area (Å²) in [5.74, 6) is 0.805. The Morgan fingerprint density at radius 3 is 2.76 bits per heavy atom. The van der Waals surface area contributed by atoms with E-state index in [4.69, 9.17) is 4.74 Å². The van der Waals surface area contributed by atoms with E-state index in [1.165, 1.54) is 4.90 Å². The van der Waals surface area contributed by atoms with Crippen molar-refractivity contribution in [3.05, 3.63) is 24.0 Å². The van der Waals surface area contributed by atoms with Gasteiger partial charge >= 0.3 is 6.03 Å². The van der Waals surface area contributed by atoms with Crippen molar-refractivity contribution in [3.8, 4) is 5.75 Å². The van der Waals surface area contributed by atoms with Crippen LogP contribution in [-0.2, 0) is 11.3 Å². The summed E-state index contributed by atoms with van der Waals surface area (Å²) in [7, 11) is 0. The van der Waals surface area contributed by atoms with E-state index in [0.717, 1.165) is 12.8 Å². The molecular weight excluding hydrogens is 270 g/mol. The van der Waals surface area contributed by atoms with E-state index in [1.54, 1.807) is 18.3 Å². The van der Waals surface area contributed by atoms with E-state index < -0.39 is 5.54 Å².